The number of aromatic hydroxyl groups is 1. The second-order valence-electron chi connectivity index (χ2n) is 4.75. The Morgan fingerprint density at radius 3 is 2.55 bits per heavy atom. The molecule has 1 N–H and O–H groups in total. The van der Waals surface area contributed by atoms with Gasteiger partial charge in [-0.15, -0.1) is 0 Å². The maximum atomic E-state index is 12.6. The predicted octanol–water partition coefficient (Wildman–Crippen LogP) is 3.61. The van der Waals surface area contributed by atoms with E-state index in [2.05, 4.69) is 0 Å². The molecular formula is C17H14O5. The molecule has 0 aliphatic rings. The molecule has 0 fully saturated rings. The van der Waals surface area contributed by atoms with Crippen molar-refractivity contribution in [1.29, 1.82) is 0 Å². The van der Waals surface area contributed by atoms with Gasteiger partial charge in [0.2, 0.25) is 11.2 Å². The van der Waals surface area contributed by atoms with E-state index in [1.165, 1.54) is 25.3 Å². The lowest BCUT2D eigenvalue weighted by Gasteiger charge is -2.11. The summed E-state index contributed by atoms with van der Waals surface area (Å²) in [5, 5.41) is 9.82. The molecule has 0 aliphatic carbocycles. The van der Waals surface area contributed by atoms with E-state index in [0.717, 1.165) is 0 Å². The van der Waals surface area contributed by atoms with Crippen molar-refractivity contribution in [3.05, 3.63) is 58.4 Å². The van der Waals surface area contributed by atoms with Crippen molar-refractivity contribution < 1.29 is 19.0 Å². The van der Waals surface area contributed by atoms with E-state index in [-0.39, 0.29) is 16.9 Å². The van der Waals surface area contributed by atoms with Crippen molar-refractivity contribution in [3.63, 3.8) is 0 Å². The predicted molar refractivity (Wildman–Crippen MR) is 82.0 cm³/mol. The number of benzene rings is 2. The number of phenols is 1. The van der Waals surface area contributed by atoms with Crippen LogP contribution < -0.4 is 14.9 Å². The van der Waals surface area contributed by atoms with E-state index in [0.29, 0.717) is 28.2 Å². The number of phenolic OH excluding ortho intramolecular Hbond substituents is 1. The van der Waals surface area contributed by atoms with Gasteiger partial charge in [-0.3, -0.25) is 4.79 Å². The highest BCUT2D eigenvalue weighted by Crippen LogP contribution is 2.32. The van der Waals surface area contributed by atoms with Gasteiger partial charge >= 0.3 is 0 Å². The molecule has 5 heteroatoms. The standard InChI is InChI=1S/C17H14O5/c1-10-17(22-14-6-4-3-5-13(14)20-2)16(19)12-8-7-11(18)9-15(12)21-10/h3-9,18H,1-2H3. The largest absolute Gasteiger partial charge is 0.508 e. The molecule has 0 bridgehead atoms. The maximum Gasteiger partial charge on any atom is 0.235 e. The fourth-order valence-corrected chi connectivity index (χ4v) is 2.21. The smallest absolute Gasteiger partial charge is 0.235 e. The fourth-order valence-electron chi connectivity index (χ4n) is 2.21. The minimum Gasteiger partial charge on any atom is -0.508 e. The number of hydrogen-bond acceptors (Lipinski definition) is 5. The number of hydrogen-bond donors (Lipinski definition) is 1. The third-order valence-corrected chi connectivity index (χ3v) is 3.28. The Morgan fingerprint density at radius 2 is 1.82 bits per heavy atom. The molecule has 1 aromatic heterocycles. The molecule has 112 valence electrons. The van der Waals surface area contributed by atoms with E-state index in [1.807, 2.05) is 6.07 Å². The summed E-state index contributed by atoms with van der Waals surface area (Å²) >= 11 is 0. The molecule has 3 aromatic rings. The third-order valence-electron chi connectivity index (χ3n) is 3.28. The highest BCUT2D eigenvalue weighted by atomic mass is 16.5. The topological polar surface area (TPSA) is 68.9 Å². The van der Waals surface area contributed by atoms with Crippen molar-refractivity contribution in [2.24, 2.45) is 0 Å². The zero-order valence-corrected chi connectivity index (χ0v) is 12.1. The van der Waals surface area contributed by atoms with Crippen LogP contribution in [0.2, 0.25) is 0 Å². The van der Waals surface area contributed by atoms with Gasteiger partial charge in [0.1, 0.15) is 17.1 Å². The van der Waals surface area contributed by atoms with Gasteiger partial charge in [0.15, 0.2) is 11.5 Å². The molecule has 0 radical (unpaired) electrons. The van der Waals surface area contributed by atoms with Crippen LogP contribution in [0.15, 0.2) is 51.7 Å². The summed E-state index contributed by atoms with van der Waals surface area (Å²) in [6.45, 7) is 1.63. The summed E-state index contributed by atoms with van der Waals surface area (Å²) in [5.74, 6) is 1.41. The van der Waals surface area contributed by atoms with Crippen LogP contribution in [0.25, 0.3) is 11.0 Å². The number of methoxy groups -OCH3 is 1. The van der Waals surface area contributed by atoms with Crippen molar-refractivity contribution >= 4 is 11.0 Å². The normalized spacial score (nSPS) is 10.6. The van der Waals surface area contributed by atoms with E-state index in [1.54, 1.807) is 25.1 Å². The Kier molecular flexibility index (Phi) is 3.47. The van der Waals surface area contributed by atoms with Crippen molar-refractivity contribution in [2.45, 2.75) is 6.92 Å². The summed E-state index contributed by atoms with van der Waals surface area (Å²) in [6.07, 6.45) is 0. The average molecular weight is 298 g/mol. The molecule has 0 saturated carbocycles. The molecule has 3 rings (SSSR count). The Bertz CT molecular complexity index is 895. The summed E-state index contributed by atoms with van der Waals surface area (Å²) in [4.78, 5) is 12.6. The summed E-state index contributed by atoms with van der Waals surface area (Å²) in [7, 11) is 1.53. The third kappa shape index (κ3) is 2.37. The summed E-state index contributed by atoms with van der Waals surface area (Å²) in [6, 6.07) is 11.4. The summed E-state index contributed by atoms with van der Waals surface area (Å²) in [5.41, 5.74) is 0.0135. The first-order chi connectivity index (χ1) is 10.6. The second kappa shape index (κ2) is 5.44. The number of ether oxygens (including phenoxy) is 2. The van der Waals surface area contributed by atoms with Crippen LogP contribution in [0.5, 0.6) is 23.0 Å². The van der Waals surface area contributed by atoms with E-state index in [4.69, 9.17) is 13.9 Å². The Labute approximate surface area is 126 Å². The molecule has 0 spiro atoms. The van der Waals surface area contributed by atoms with Gasteiger partial charge in [0.05, 0.1) is 12.5 Å². The molecule has 5 nitrogen and oxygen atoms in total. The molecule has 0 amide bonds. The van der Waals surface area contributed by atoms with Crippen LogP contribution in [-0.2, 0) is 0 Å². The van der Waals surface area contributed by atoms with E-state index < -0.39 is 0 Å². The van der Waals surface area contributed by atoms with Crippen LogP contribution in [0.1, 0.15) is 5.76 Å². The maximum absolute atomic E-state index is 12.6. The number of fused-ring (bicyclic) bond motifs is 1. The van der Waals surface area contributed by atoms with Crippen LogP contribution >= 0.6 is 0 Å². The molecule has 1 heterocycles. The molecule has 0 unspecified atom stereocenters. The number of aryl methyl sites for hydroxylation is 1. The van der Waals surface area contributed by atoms with Crippen molar-refractivity contribution in [2.75, 3.05) is 7.11 Å². The lowest BCUT2D eigenvalue weighted by molar-refractivity contribution is 0.370. The highest BCUT2D eigenvalue weighted by molar-refractivity contribution is 5.79. The second-order valence-corrected chi connectivity index (χ2v) is 4.75. The monoisotopic (exact) mass is 298 g/mol. The first-order valence-corrected chi connectivity index (χ1v) is 6.67. The molecule has 22 heavy (non-hydrogen) atoms. The Hall–Kier alpha value is -2.95. The van der Waals surface area contributed by atoms with Crippen LogP contribution in [0.4, 0.5) is 0 Å². The van der Waals surface area contributed by atoms with Gasteiger partial charge in [-0.1, -0.05) is 12.1 Å². The van der Waals surface area contributed by atoms with Gasteiger partial charge in [0.25, 0.3) is 0 Å². The molecular weight excluding hydrogens is 284 g/mol. The Morgan fingerprint density at radius 1 is 1.09 bits per heavy atom. The zero-order chi connectivity index (χ0) is 15.7. The molecule has 0 aliphatic heterocycles. The van der Waals surface area contributed by atoms with Gasteiger partial charge < -0.3 is 19.0 Å². The highest BCUT2D eigenvalue weighted by Gasteiger charge is 2.15. The van der Waals surface area contributed by atoms with Crippen LogP contribution in [-0.4, -0.2) is 12.2 Å². The fraction of sp³-hybridized carbons (Fsp3) is 0.118. The van der Waals surface area contributed by atoms with Gasteiger partial charge in [-0.05, 0) is 31.2 Å². The quantitative estimate of drug-likeness (QED) is 0.800. The van der Waals surface area contributed by atoms with Crippen LogP contribution in [0, 0.1) is 6.92 Å². The average Bonchev–Trinajstić information content (AvgIpc) is 2.51. The van der Waals surface area contributed by atoms with Crippen LogP contribution in [0.3, 0.4) is 0 Å². The van der Waals surface area contributed by atoms with Gasteiger partial charge in [-0.25, -0.2) is 0 Å². The first kappa shape index (κ1) is 14.0. The molecule has 0 saturated heterocycles. The van der Waals surface area contributed by atoms with E-state index >= 15 is 0 Å². The lowest BCUT2D eigenvalue weighted by atomic mass is 10.2. The zero-order valence-electron chi connectivity index (χ0n) is 12.1. The van der Waals surface area contributed by atoms with E-state index in [9.17, 15) is 9.90 Å². The minimum atomic E-state index is -0.301. The van der Waals surface area contributed by atoms with Gasteiger partial charge in [0, 0.05) is 6.07 Å². The SMILES string of the molecule is COc1ccccc1Oc1c(C)oc2cc(O)ccc2c1=O. The summed E-state index contributed by atoms with van der Waals surface area (Å²) < 4.78 is 16.5. The first-order valence-electron chi connectivity index (χ1n) is 6.67. The molecule has 0 atom stereocenters. The minimum absolute atomic E-state index is 0.0356. The molecule has 2 aromatic carbocycles. The van der Waals surface area contributed by atoms with Gasteiger partial charge in [-0.2, -0.15) is 0 Å². The number of rotatable bonds is 3. The Balaban J connectivity index is 2.15. The lowest BCUT2D eigenvalue weighted by Crippen LogP contribution is -2.07. The van der Waals surface area contributed by atoms with Crippen molar-refractivity contribution in [1.82, 2.24) is 0 Å². The number of para-hydroxylation sites is 2. The van der Waals surface area contributed by atoms with Crippen molar-refractivity contribution in [3.8, 4) is 23.0 Å².